The summed E-state index contributed by atoms with van der Waals surface area (Å²) in [4.78, 5) is 1.88. The largest absolute Gasteiger partial charge is 0.495 e. The molecule has 1 N–H and O–H groups in total. The van der Waals surface area contributed by atoms with Crippen LogP contribution in [0.15, 0.2) is 52.3 Å². The molecule has 0 saturated carbocycles. The molecule has 0 spiro atoms. The first-order valence-electron chi connectivity index (χ1n) is 11.0. The number of hydrogen-bond acceptors (Lipinski definition) is 7. The maximum absolute atomic E-state index is 13.5. The van der Waals surface area contributed by atoms with Gasteiger partial charge in [0.05, 0.1) is 28.7 Å². The van der Waals surface area contributed by atoms with Crippen molar-refractivity contribution in [1.82, 2.24) is 9.03 Å². The lowest BCUT2D eigenvalue weighted by molar-refractivity contribution is 0.114. The molecule has 0 radical (unpaired) electrons. The Morgan fingerprint density at radius 1 is 1.06 bits per heavy atom. The van der Waals surface area contributed by atoms with Crippen molar-refractivity contribution in [3.05, 3.63) is 48.3 Å². The van der Waals surface area contributed by atoms with Gasteiger partial charge in [0.2, 0.25) is 20.0 Å². The summed E-state index contributed by atoms with van der Waals surface area (Å²) in [5.74, 6) is -0.130. The van der Waals surface area contributed by atoms with Gasteiger partial charge in [-0.3, -0.25) is 0 Å². The van der Waals surface area contributed by atoms with Gasteiger partial charge in [0.1, 0.15) is 11.6 Å². The van der Waals surface area contributed by atoms with Crippen molar-refractivity contribution in [1.29, 1.82) is 0 Å². The van der Waals surface area contributed by atoms with Crippen LogP contribution in [0.2, 0.25) is 0 Å². The molecule has 0 aliphatic carbocycles. The van der Waals surface area contributed by atoms with Crippen LogP contribution in [-0.4, -0.2) is 73.7 Å². The maximum Gasteiger partial charge on any atom is 0.243 e. The summed E-state index contributed by atoms with van der Waals surface area (Å²) < 4.78 is 79.8. The van der Waals surface area contributed by atoms with E-state index in [2.05, 4.69) is 4.72 Å². The van der Waals surface area contributed by atoms with Crippen molar-refractivity contribution in [3.8, 4) is 5.75 Å². The van der Waals surface area contributed by atoms with Crippen molar-refractivity contribution in [2.75, 3.05) is 51.3 Å². The number of piperazine rings is 1. The van der Waals surface area contributed by atoms with Crippen molar-refractivity contribution < 1.29 is 30.7 Å². The van der Waals surface area contributed by atoms with E-state index >= 15 is 0 Å². The van der Waals surface area contributed by atoms with Gasteiger partial charge in [0.15, 0.2) is 0 Å². The SMILES string of the molecule is COc1ccc(S(=O)(=O)NC[C@@H]2CCCO2)cc1N1CCN(S(=O)(=O)c2cccc(F)c2)CC1. The second-order valence-corrected chi connectivity index (χ2v) is 11.9. The Hall–Kier alpha value is -2.25. The summed E-state index contributed by atoms with van der Waals surface area (Å²) in [5, 5.41) is 0. The fourth-order valence-electron chi connectivity index (χ4n) is 4.12. The maximum atomic E-state index is 13.5. The van der Waals surface area contributed by atoms with E-state index in [1.807, 2.05) is 4.90 Å². The number of benzene rings is 2. The van der Waals surface area contributed by atoms with E-state index in [1.165, 1.54) is 41.7 Å². The molecule has 9 nitrogen and oxygen atoms in total. The minimum atomic E-state index is -3.84. The van der Waals surface area contributed by atoms with Gasteiger partial charge in [-0.25, -0.2) is 25.9 Å². The van der Waals surface area contributed by atoms with E-state index in [0.717, 1.165) is 18.9 Å². The van der Waals surface area contributed by atoms with E-state index in [9.17, 15) is 21.2 Å². The average molecular weight is 514 g/mol. The molecule has 2 aliphatic heterocycles. The van der Waals surface area contributed by atoms with Crippen molar-refractivity contribution in [2.24, 2.45) is 0 Å². The molecule has 2 saturated heterocycles. The summed E-state index contributed by atoms with van der Waals surface area (Å²) in [5.41, 5.74) is 0.560. The highest BCUT2D eigenvalue weighted by atomic mass is 32.2. The first kappa shape index (κ1) is 24.9. The summed E-state index contributed by atoms with van der Waals surface area (Å²) in [6, 6.07) is 9.53. The monoisotopic (exact) mass is 513 g/mol. The van der Waals surface area contributed by atoms with Crippen molar-refractivity contribution >= 4 is 25.7 Å². The van der Waals surface area contributed by atoms with E-state index < -0.39 is 25.9 Å². The third-order valence-corrected chi connectivity index (χ3v) is 9.31. The second kappa shape index (κ2) is 10.2. The molecule has 2 fully saturated rings. The lowest BCUT2D eigenvalue weighted by Gasteiger charge is -2.36. The standard InChI is InChI=1S/C22H28FN3O6S2/c1-31-22-8-7-19(33(27,28)24-16-18-5-3-13-32-18)15-21(22)25-9-11-26(12-10-25)34(29,30)20-6-2-4-17(23)14-20/h2,4,6-8,14-15,18,24H,3,5,9-13,16H2,1H3/t18-/m0/s1. The molecule has 12 heteroatoms. The van der Waals surface area contributed by atoms with Crippen LogP contribution in [0.25, 0.3) is 0 Å². The molecule has 2 heterocycles. The topological polar surface area (TPSA) is 105 Å². The van der Waals surface area contributed by atoms with E-state index in [-0.39, 0.29) is 35.5 Å². The van der Waals surface area contributed by atoms with E-state index in [4.69, 9.17) is 9.47 Å². The average Bonchev–Trinajstić information content (AvgIpc) is 3.36. The highest BCUT2D eigenvalue weighted by molar-refractivity contribution is 7.89. The van der Waals surface area contributed by atoms with E-state index in [1.54, 1.807) is 6.07 Å². The molecule has 2 aliphatic rings. The first-order chi connectivity index (χ1) is 16.2. The predicted molar refractivity (Wildman–Crippen MR) is 125 cm³/mol. The first-order valence-corrected chi connectivity index (χ1v) is 13.9. The Morgan fingerprint density at radius 3 is 2.47 bits per heavy atom. The molecule has 4 rings (SSSR count). The van der Waals surface area contributed by atoms with Crippen LogP contribution in [0.5, 0.6) is 5.75 Å². The number of methoxy groups -OCH3 is 1. The van der Waals surface area contributed by atoms with Gasteiger partial charge in [-0.05, 0) is 49.2 Å². The zero-order valence-electron chi connectivity index (χ0n) is 18.8. The van der Waals surface area contributed by atoms with Crippen molar-refractivity contribution in [2.45, 2.75) is 28.7 Å². The molecule has 0 unspecified atom stereocenters. The Morgan fingerprint density at radius 2 is 1.82 bits per heavy atom. The van der Waals surface area contributed by atoms with Crippen molar-refractivity contribution in [3.63, 3.8) is 0 Å². The fourth-order valence-corrected chi connectivity index (χ4v) is 6.66. The fraction of sp³-hybridized carbons (Fsp3) is 0.455. The molecular weight excluding hydrogens is 485 g/mol. The molecule has 1 atom stereocenters. The van der Waals surface area contributed by atoms with Gasteiger partial charge in [-0.1, -0.05) is 6.07 Å². The minimum absolute atomic E-state index is 0.0936. The molecule has 0 aromatic heterocycles. The summed E-state index contributed by atoms with van der Waals surface area (Å²) in [6.45, 7) is 1.81. The third-order valence-electron chi connectivity index (χ3n) is 6.00. The number of sulfonamides is 2. The number of rotatable bonds is 8. The van der Waals surface area contributed by atoms with Gasteiger partial charge in [-0.15, -0.1) is 0 Å². The van der Waals surface area contributed by atoms with Gasteiger partial charge >= 0.3 is 0 Å². The highest BCUT2D eigenvalue weighted by Crippen LogP contribution is 2.32. The van der Waals surface area contributed by atoms with Crippen LogP contribution >= 0.6 is 0 Å². The summed E-state index contributed by atoms with van der Waals surface area (Å²) >= 11 is 0. The van der Waals surface area contributed by atoms with Crippen LogP contribution in [-0.2, 0) is 24.8 Å². The smallest absolute Gasteiger partial charge is 0.243 e. The van der Waals surface area contributed by atoms with Crippen LogP contribution in [0.1, 0.15) is 12.8 Å². The highest BCUT2D eigenvalue weighted by Gasteiger charge is 2.30. The summed E-state index contributed by atoms with van der Waals surface area (Å²) in [6.07, 6.45) is 1.61. The Balaban J connectivity index is 1.49. The van der Waals surface area contributed by atoms with E-state index in [0.29, 0.717) is 31.1 Å². The number of nitrogens with zero attached hydrogens (tertiary/aromatic N) is 2. The Kier molecular flexibility index (Phi) is 7.43. The van der Waals surface area contributed by atoms with Gasteiger partial charge < -0.3 is 14.4 Å². The lowest BCUT2D eigenvalue weighted by Crippen LogP contribution is -2.48. The Labute approximate surface area is 199 Å². The number of halogens is 1. The van der Waals surface area contributed by atoms with Crippen LogP contribution < -0.4 is 14.4 Å². The lowest BCUT2D eigenvalue weighted by atomic mass is 10.2. The molecule has 2 aromatic rings. The zero-order chi connectivity index (χ0) is 24.3. The predicted octanol–water partition coefficient (Wildman–Crippen LogP) is 1.80. The number of nitrogens with one attached hydrogen (secondary N) is 1. The number of hydrogen-bond donors (Lipinski definition) is 1. The molecule has 0 amide bonds. The van der Waals surface area contributed by atoms with Gasteiger partial charge in [0, 0.05) is 39.3 Å². The normalized spacial score (nSPS) is 19.9. The van der Waals surface area contributed by atoms with Gasteiger partial charge in [-0.2, -0.15) is 4.31 Å². The molecule has 186 valence electrons. The molecule has 34 heavy (non-hydrogen) atoms. The van der Waals surface area contributed by atoms with Gasteiger partial charge in [0.25, 0.3) is 0 Å². The van der Waals surface area contributed by atoms with Crippen LogP contribution in [0.3, 0.4) is 0 Å². The summed E-state index contributed by atoms with van der Waals surface area (Å²) in [7, 11) is -6.10. The molecule has 2 aromatic carbocycles. The third kappa shape index (κ3) is 5.36. The number of ether oxygens (including phenoxy) is 2. The van der Waals surface area contributed by atoms with Crippen LogP contribution in [0, 0.1) is 5.82 Å². The molecular formula is C22H28FN3O6S2. The minimum Gasteiger partial charge on any atom is -0.495 e. The number of anilines is 1. The second-order valence-electron chi connectivity index (χ2n) is 8.17. The zero-order valence-corrected chi connectivity index (χ0v) is 20.4. The Bertz CT molecular complexity index is 1220. The quantitative estimate of drug-likeness (QED) is 0.574. The van der Waals surface area contributed by atoms with Crippen LogP contribution in [0.4, 0.5) is 10.1 Å². The molecule has 0 bridgehead atoms.